The second-order valence-electron chi connectivity index (χ2n) is 4.49. The zero-order valence-electron chi connectivity index (χ0n) is 10.0. The molecular weight excluding hydrogens is 238 g/mol. The highest BCUT2D eigenvalue weighted by Crippen LogP contribution is 2.28. The first-order valence-electron chi connectivity index (χ1n) is 5.70. The van der Waals surface area contributed by atoms with E-state index >= 15 is 0 Å². The van der Waals surface area contributed by atoms with E-state index in [1.54, 1.807) is 19.1 Å². The van der Waals surface area contributed by atoms with Crippen LogP contribution >= 0.6 is 0 Å². The Hall–Kier alpha value is -1.74. The molecule has 0 radical (unpaired) electrons. The van der Waals surface area contributed by atoms with Gasteiger partial charge in [0.15, 0.2) is 0 Å². The summed E-state index contributed by atoms with van der Waals surface area (Å²) in [5, 5.41) is 8.80. The van der Waals surface area contributed by atoms with Gasteiger partial charge in [-0.25, -0.2) is 13.8 Å². The summed E-state index contributed by atoms with van der Waals surface area (Å²) in [6.07, 6.45) is 0.230. The summed E-state index contributed by atoms with van der Waals surface area (Å²) in [4.78, 5) is 5.70. The number of alkyl halides is 2. The average molecular weight is 252 g/mol. The number of hydrogen-bond acceptors (Lipinski definition) is 4. The number of rotatable bonds is 1. The normalized spacial score (nSPS) is 22.6. The lowest BCUT2D eigenvalue weighted by Gasteiger charge is -2.37. The molecule has 2 rings (SSSR count). The molecule has 2 heterocycles. The molecular formula is C12H14F2N4. The van der Waals surface area contributed by atoms with Crippen molar-refractivity contribution < 1.29 is 8.78 Å². The molecule has 1 unspecified atom stereocenters. The van der Waals surface area contributed by atoms with Gasteiger partial charge in [0.05, 0.1) is 23.8 Å². The van der Waals surface area contributed by atoms with E-state index in [1.165, 1.54) is 4.90 Å². The van der Waals surface area contributed by atoms with Gasteiger partial charge in [-0.05, 0) is 25.5 Å². The summed E-state index contributed by atoms with van der Waals surface area (Å²) in [5.74, 6) is -2.43. The molecule has 1 aliphatic rings. The van der Waals surface area contributed by atoms with Crippen molar-refractivity contribution in [2.24, 2.45) is 5.73 Å². The highest BCUT2D eigenvalue weighted by Gasteiger charge is 2.42. The summed E-state index contributed by atoms with van der Waals surface area (Å²) in [6, 6.07) is 4.11. The molecule has 4 nitrogen and oxygen atoms in total. The van der Waals surface area contributed by atoms with E-state index in [2.05, 4.69) is 4.98 Å². The Morgan fingerprint density at radius 1 is 1.56 bits per heavy atom. The van der Waals surface area contributed by atoms with E-state index in [1.807, 2.05) is 6.07 Å². The van der Waals surface area contributed by atoms with Gasteiger partial charge in [0.2, 0.25) is 0 Å². The molecule has 0 aromatic carbocycles. The summed E-state index contributed by atoms with van der Waals surface area (Å²) in [6.45, 7) is 1.72. The van der Waals surface area contributed by atoms with Crippen LogP contribution in [0.25, 0.3) is 0 Å². The Kier molecular flexibility index (Phi) is 3.18. The minimum Gasteiger partial charge on any atom is -0.350 e. The molecule has 1 atom stereocenters. The molecule has 18 heavy (non-hydrogen) atoms. The van der Waals surface area contributed by atoms with Crippen LogP contribution in [0.3, 0.4) is 0 Å². The fourth-order valence-electron chi connectivity index (χ4n) is 1.99. The van der Waals surface area contributed by atoms with Crippen molar-refractivity contribution in [2.75, 3.05) is 18.0 Å². The molecule has 96 valence electrons. The minimum atomic E-state index is -2.90. The molecule has 0 bridgehead atoms. The molecule has 1 fully saturated rings. The number of nitrogens with zero attached hydrogens (tertiary/aromatic N) is 3. The number of aromatic nitrogens is 1. The zero-order valence-corrected chi connectivity index (χ0v) is 10.0. The number of hydrogen-bond donors (Lipinski definition) is 1. The summed E-state index contributed by atoms with van der Waals surface area (Å²) in [7, 11) is 0. The lowest BCUT2D eigenvalue weighted by Crippen LogP contribution is -2.55. The van der Waals surface area contributed by atoms with Gasteiger partial charge in [0, 0.05) is 6.54 Å². The molecule has 6 heteroatoms. The van der Waals surface area contributed by atoms with Gasteiger partial charge < -0.3 is 10.6 Å². The predicted octanol–water partition coefficient (Wildman–Crippen LogP) is 1.43. The van der Waals surface area contributed by atoms with Crippen LogP contribution in [0.4, 0.5) is 14.6 Å². The highest BCUT2D eigenvalue weighted by molar-refractivity contribution is 5.46. The maximum atomic E-state index is 13.5. The fraction of sp³-hybridized carbons (Fsp3) is 0.500. The van der Waals surface area contributed by atoms with Crippen molar-refractivity contribution in [3.8, 4) is 6.07 Å². The van der Waals surface area contributed by atoms with Gasteiger partial charge in [-0.2, -0.15) is 5.26 Å². The fourth-order valence-corrected chi connectivity index (χ4v) is 1.99. The van der Waals surface area contributed by atoms with E-state index < -0.39 is 18.5 Å². The van der Waals surface area contributed by atoms with Crippen LogP contribution in [0, 0.1) is 18.3 Å². The standard InChI is InChI=1S/C12H14F2N4/c1-8-9(6-15)2-3-11(17-8)18-5-4-10(16)12(13,14)7-18/h2-3,10H,4-5,7,16H2,1H3. The Morgan fingerprint density at radius 3 is 2.83 bits per heavy atom. The van der Waals surface area contributed by atoms with Gasteiger partial charge in [0.1, 0.15) is 11.9 Å². The summed E-state index contributed by atoms with van der Waals surface area (Å²) < 4.78 is 27.1. The van der Waals surface area contributed by atoms with Crippen molar-refractivity contribution >= 4 is 5.82 Å². The van der Waals surface area contributed by atoms with Gasteiger partial charge in [-0.3, -0.25) is 0 Å². The van der Waals surface area contributed by atoms with Crippen molar-refractivity contribution in [3.05, 3.63) is 23.4 Å². The first kappa shape index (κ1) is 12.7. The van der Waals surface area contributed by atoms with Gasteiger partial charge in [0.25, 0.3) is 5.92 Å². The Bertz CT molecular complexity index is 495. The minimum absolute atomic E-state index is 0.230. The number of nitriles is 1. The van der Waals surface area contributed by atoms with Crippen molar-refractivity contribution in [3.63, 3.8) is 0 Å². The third kappa shape index (κ3) is 2.27. The van der Waals surface area contributed by atoms with Crippen molar-refractivity contribution in [1.29, 1.82) is 5.26 Å². The van der Waals surface area contributed by atoms with Crippen molar-refractivity contribution in [1.82, 2.24) is 4.98 Å². The van der Waals surface area contributed by atoms with E-state index in [4.69, 9.17) is 11.0 Å². The van der Waals surface area contributed by atoms with Crippen LogP contribution in [0.15, 0.2) is 12.1 Å². The maximum Gasteiger partial charge on any atom is 0.280 e. The largest absolute Gasteiger partial charge is 0.350 e. The first-order chi connectivity index (χ1) is 8.44. The molecule has 0 aliphatic carbocycles. The van der Waals surface area contributed by atoms with E-state index in [0.717, 1.165) is 0 Å². The third-order valence-electron chi connectivity index (χ3n) is 3.17. The van der Waals surface area contributed by atoms with Crippen LogP contribution in [0.1, 0.15) is 17.7 Å². The van der Waals surface area contributed by atoms with Crippen LogP contribution in [-0.2, 0) is 0 Å². The Labute approximate surface area is 104 Å². The summed E-state index contributed by atoms with van der Waals surface area (Å²) in [5.41, 5.74) is 6.40. The molecule has 1 saturated heterocycles. The number of anilines is 1. The van der Waals surface area contributed by atoms with Gasteiger partial charge >= 0.3 is 0 Å². The second kappa shape index (κ2) is 4.50. The quantitative estimate of drug-likeness (QED) is 0.821. The Morgan fingerprint density at radius 2 is 2.28 bits per heavy atom. The van der Waals surface area contributed by atoms with Crippen LogP contribution in [-0.4, -0.2) is 30.0 Å². The molecule has 2 N–H and O–H groups in total. The molecule has 0 amide bonds. The predicted molar refractivity (Wildman–Crippen MR) is 63.4 cm³/mol. The zero-order chi connectivity index (χ0) is 13.3. The lowest BCUT2D eigenvalue weighted by molar-refractivity contribution is -0.0301. The number of nitrogens with two attached hydrogens (primary N) is 1. The smallest absolute Gasteiger partial charge is 0.280 e. The van der Waals surface area contributed by atoms with Crippen LogP contribution in [0.2, 0.25) is 0 Å². The molecule has 1 aromatic heterocycles. The van der Waals surface area contributed by atoms with E-state index in [-0.39, 0.29) is 6.42 Å². The molecule has 1 aromatic rings. The monoisotopic (exact) mass is 252 g/mol. The van der Waals surface area contributed by atoms with E-state index in [9.17, 15) is 8.78 Å². The molecule has 0 saturated carbocycles. The lowest BCUT2D eigenvalue weighted by atomic mass is 10.0. The van der Waals surface area contributed by atoms with Crippen molar-refractivity contribution in [2.45, 2.75) is 25.3 Å². The van der Waals surface area contributed by atoms with Gasteiger partial charge in [-0.15, -0.1) is 0 Å². The number of aryl methyl sites for hydroxylation is 1. The topological polar surface area (TPSA) is 65.9 Å². The number of halogens is 2. The SMILES string of the molecule is Cc1nc(N2CCC(N)C(F)(F)C2)ccc1C#N. The number of pyridine rings is 1. The summed E-state index contributed by atoms with van der Waals surface area (Å²) >= 11 is 0. The third-order valence-corrected chi connectivity index (χ3v) is 3.17. The first-order valence-corrected chi connectivity index (χ1v) is 5.70. The number of piperidine rings is 1. The molecule has 1 aliphatic heterocycles. The molecule has 0 spiro atoms. The van der Waals surface area contributed by atoms with E-state index in [0.29, 0.717) is 23.6 Å². The van der Waals surface area contributed by atoms with Crippen LogP contribution < -0.4 is 10.6 Å². The highest BCUT2D eigenvalue weighted by atomic mass is 19.3. The van der Waals surface area contributed by atoms with Gasteiger partial charge in [-0.1, -0.05) is 0 Å². The average Bonchev–Trinajstić information content (AvgIpc) is 2.32. The second-order valence-corrected chi connectivity index (χ2v) is 4.49. The van der Waals surface area contributed by atoms with Crippen LogP contribution in [0.5, 0.6) is 0 Å². The maximum absolute atomic E-state index is 13.5. The Balaban J connectivity index is 2.23.